The van der Waals surface area contributed by atoms with Gasteiger partial charge in [-0.25, -0.2) is 4.68 Å². The van der Waals surface area contributed by atoms with Crippen LogP contribution in [0.25, 0.3) is 10.6 Å². The highest BCUT2D eigenvalue weighted by Gasteiger charge is 2.42. The first-order valence-corrected chi connectivity index (χ1v) is 8.60. The fourth-order valence-electron chi connectivity index (χ4n) is 3.75. The lowest BCUT2D eigenvalue weighted by Gasteiger charge is -2.37. The summed E-state index contributed by atoms with van der Waals surface area (Å²) in [5.74, 6) is 0. The molecule has 0 spiro atoms. The summed E-state index contributed by atoms with van der Waals surface area (Å²) in [6.07, 6.45) is 3.62. The zero-order chi connectivity index (χ0) is 15.2. The molecule has 4 heterocycles. The van der Waals surface area contributed by atoms with Crippen molar-refractivity contribution in [2.24, 2.45) is 0 Å². The first kappa shape index (κ1) is 14.1. The average Bonchev–Trinajstić information content (AvgIpc) is 3.11. The number of thiophene rings is 1. The topological polar surface area (TPSA) is 67.2 Å². The molecule has 116 valence electrons. The van der Waals surface area contributed by atoms with Crippen molar-refractivity contribution < 1.29 is 5.11 Å². The third-order valence-electron chi connectivity index (χ3n) is 4.67. The molecule has 6 heteroatoms. The third-order valence-corrected chi connectivity index (χ3v) is 5.56. The Bertz CT molecular complexity index is 713. The zero-order valence-corrected chi connectivity index (χ0v) is 13.1. The van der Waals surface area contributed by atoms with E-state index in [1.54, 1.807) is 23.5 Å². The van der Waals surface area contributed by atoms with Gasteiger partial charge in [0, 0.05) is 18.2 Å². The van der Waals surface area contributed by atoms with Crippen molar-refractivity contribution in [3.8, 4) is 10.6 Å². The van der Waals surface area contributed by atoms with Crippen molar-refractivity contribution in [1.82, 2.24) is 15.1 Å². The number of nitrogens with one attached hydrogen (secondary N) is 1. The van der Waals surface area contributed by atoms with Gasteiger partial charge in [-0.2, -0.15) is 5.10 Å². The monoisotopic (exact) mass is 317 g/mol. The molecule has 0 radical (unpaired) electrons. The van der Waals surface area contributed by atoms with Crippen LogP contribution in [0.3, 0.4) is 0 Å². The number of piperidine rings is 1. The first-order chi connectivity index (χ1) is 10.6. The summed E-state index contributed by atoms with van der Waals surface area (Å²) < 4.78 is 1.43. The number of hydrogen-bond donors (Lipinski definition) is 2. The van der Waals surface area contributed by atoms with Gasteiger partial charge in [-0.15, -0.1) is 11.3 Å². The molecule has 4 rings (SSSR count). The van der Waals surface area contributed by atoms with Crippen molar-refractivity contribution in [3.63, 3.8) is 0 Å². The summed E-state index contributed by atoms with van der Waals surface area (Å²) in [6, 6.07) is 8.00. The molecule has 3 atom stereocenters. The van der Waals surface area contributed by atoms with E-state index in [9.17, 15) is 9.90 Å². The quantitative estimate of drug-likeness (QED) is 0.903. The maximum Gasteiger partial charge on any atom is 0.266 e. The Morgan fingerprint density at radius 1 is 1.32 bits per heavy atom. The van der Waals surface area contributed by atoms with E-state index in [1.807, 2.05) is 17.5 Å². The van der Waals surface area contributed by atoms with Crippen LogP contribution in [0.1, 0.15) is 25.7 Å². The molecular weight excluding hydrogens is 298 g/mol. The maximum atomic E-state index is 12.1. The largest absolute Gasteiger partial charge is 0.388 e. The van der Waals surface area contributed by atoms with E-state index in [1.165, 1.54) is 4.68 Å². The van der Waals surface area contributed by atoms with Crippen LogP contribution in [0.5, 0.6) is 0 Å². The normalized spacial score (nSPS) is 30.6. The number of hydrogen-bond acceptors (Lipinski definition) is 5. The van der Waals surface area contributed by atoms with Crippen LogP contribution in [-0.4, -0.2) is 32.6 Å². The summed E-state index contributed by atoms with van der Waals surface area (Å²) in [5.41, 5.74) is -0.197. The number of fused-ring (bicyclic) bond motifs is 2. The fraction of sp³-hybridized carbons (Fsp3) is 0.500. The molecule has 0 aromatic carbocycles. The maximum absolute atomic E-state index is 12.1. The fourth-order valence-corrected chi connectivity index (χ4v) is 4.44. The van der Waals surface area contributed by atoms with Crippen LogP contribution in [0.4, 0.5) is 0 Å². The molecule has 22 heavy (non-hydrogen) atoms. The van der Waals surface area contributed by atoms with Gasteiger partial charge >= 0.3 is 0 Å². The highest BCUT2D eigenvalue weighted by Crippen LogP contribution is 2.34. The molecule has 2 aliphatic heterocycles. The van der Waals surface area contributed by atoms with Crippen LogP contribution in [0.15, 0.2) is 34.4 Å². The lowest BCUT2D eigenvalue weighted by Crippen LogP contribution is -2.51. The SMILES string of the molecule is O=c1ccc(-c2cccs2)nn1CC1(O)C[C@H]2CC[C@@H](C1)N2. The number of aliphatic hydroxyl groups is 1. The molecule has 5 nitrogen and oxygen atoms in total. The van der Waals surface area contributed by atoms with Gasteiger partial charge in [-0.1, -0.05) is 6.07 Å². The van der Waals surface area contributed by atoms with E-state index in [-0.39, 0.29) is 12.1 Å². The predicted molar refractivity (Wildman–Crippen MR) is 85.9 cm³/mol. The lowest BCUT2D eigenvalue weighted by molar-refractivity contribution is -0.0249. The Morgan fingerprint density at radius 2 is 2.09 bits per heavy atom. The molecule has 2 bridgehead atoms. The molecule has 2 saturated heterocycles. The number of aromatic nitrogens is 2. The second-order valence-corrected chi connectivity index (χ2v) is 7.41. The van der Waals surface area contributed by atoms with Gasteiger partial charge in [0.15, 0.2) is 0 Å². The first-order valence-electron chi connectivity index (χ1n) is 7.72. The summed E-state index contributed by atoms with van der Waals surface area (Å²) in [6.45, 7) is 0.278. The van der Waals surface area contributed by atoms with Crippen molar-refractivity contribution in [2.45, 2.75) is 49.9 Å². The Morgan fingerprint density at radius 3 is 2.77 bits per heavy atom. The van der Waals surface area contributed by atoms with Gasteiger partial charge in [0.2, 0.25) is 0 Å². The zero-order valence-electron chi connectivity index (χ0n) is 12.2. The predicted octanol–water partition coefficient (Wildman–Crippen LogP) is 1.62. The molecule has 2 aliphatic rings. The van der Waals surface area contributed by atoms with Gasteiger partial charge in [0.25, 0.3) is 5.56 Å². The van der Waals surface area contributed by atoms with Gasteiger partial charge < -0.3 is 10.4 Å². The minimum Gasteiger partial charge on any atom is -0.388 e. The Kier molecular flexibility index (Phi) is 3.40. The molecule has 1 unspecified atom stereocenters. The second kappa shape index (κ2) is 5.30. The molecule has 0 aliphatic carbocycles. The minimum atomic E-state index is -0.831. The molecule has 0 saturated carbocycles. The van der Waals surface area contributed by atoms with E-state index in [4.69, 9.17) is 0 Å². The van der Waals surface area contributed by atoms with Crippen molar-refractivity contribution in [3.05, 3.63) is 40.0 Å². The van der Waals surface area contributed by atoms with Crippen LogP contribution < -0.4 is 10.9 Å². The Balaban J connectivity index is 1.62. The number of nitrogens with zero attached hydrogens (tertiary/aromatic N) is 2. The van der Waals surface area contributed by atoms with Crippen LogP contribution in [0, 0.1) is 0 Å². The van der Waals surface area contributed by atoms with Crippen LogP contribution in [0.2, 0.25) is 0 Å². The van der Waals surface area contributed by atoms with Crippen LogP contribution >= 0.6 is 11.3 Å². The van der Waals surface area contributed by atoms with E-state index >= 15 is 0 Å². The molecule has 2 aromatic rings. The molecule has 0 amide bonds. The van der Waals surface area contributed by atoms with Crippen molar-refractivity contribution >= 4 is 11.3 Å². The third kappa shape index (κ3) is 2.62. The summed E-state index contributed by atoms with van der Waals surface area (Å²) in [7, 11) is 0. The van der Waals surface area contributed by atoms with Crippen molar-refractivity contribution in [2.75, 3.05) is 0 Å². The second-order valence-electron chi connectivity index (χ2n) is 6.46. The van der Waals surface area contributed by atoms with E-state index in [0.29, 0.717) is 24.9 Å². The van der Waals surface area contributed by atoms with Crippen LogP contribution in [-0.2, 0) is 6.54 Å². The minimum absolute atomic E-state index is 0.153. The summed E-state index contributed by atoms with van der Waals surface area (Å²) in [5, 5.41) is 20.9. The van der Waals surface area contributed by atoms with Gasteiger partial charge in [-0.3, -0.25) is 4.79 Å². The average molecular weight is 317 g/mol. The van der Waals surface area contributed by atoms with Gasteiger partial charge in [0.05, 0.1) is 17.0 Å². The Hall–Kier alpha value is -1.50. The molecule has 2 N–H and O–H groups in total. The Labute approximate surface area is 132 Å². The van der Waals surface area contributed by atoms with Gasteiger partial charge in [0.1, 0.15) is 5.69 Å². The molecule has 2 aromatic heterocycles. The standard InChI is InChI=1S/C16H19N3O2S/c20-15-6-5-13(14-2-1-7-22-14)18-19(15)10-16(21)8-11-3-4-12(9-16)17-11/h1-2,5-7,11-12,17,21H,3-4,8-10H2/t11-,12+,16?. The lowest BCUT2D eigenvalue weighted by atomic mass is 9.87. The summed E-state index contributed by atoms with van der Waals surface area (Å²) >= 11 is 1.60. The highest BCUT2D eigenvalue weighted by molar-refractivity contribution is 7.13. The van der Waals surface area contributed by atoms with Gasteiger partial charge in [-0.05, 0) is 43.2 Å². The smallest absolute Gasteiger partial charge is 0.266 e. The van der Waals surface area contributed by atoms with E-state index < -0.39 is 5.60 Å². The van der Waals surface area contributed by atoms with E-state index in [0.717, 1.165) is 23.4 Å². The summed E-state index contributed by atoms with van der Waals surface area (Å²) in [4.78, 5) is 13.1. The van der Waals surface area contributed by atoms with E-state index in [2.05, 4.69) is 10.4 Å². The molecular formula is C16H19N3O2S. The van der Waals surface area contributed by atoms with Crippen molar-refractivity contribution in [1.29, 1.82) is 0 Å². The highest BCUT2D eigenvalue weighted by atomic mass is 32.1. The number of rotatable bonds is 3. The molecule has 2 fully saturated rings.